The molecule has 0 unspecified atom stereocenters. The Kier molecular flexibility index (Phi) is 5.23. The van der Waals surface area contributed by atoms with Crippen molar-refractivity contribution in [1.29, 1.82) is 0 Å². The minimum atomic E-state index is -0.163. The van der Waals surface area contributed by atoms with E-state index in [0.717, 1.165) is 18.4 Å². The molecule has 1 rings (SSSR count). The minimum Gasteiger partial charge on any atom is -0.434 e. The summed E-state index contributed by atoms with van der Waals surface area (Å²) in [4.78, 5) is 11.1. The summed E-state index contributed by atoms with van der Waals surface area (Å²) in [5, 5.41) is 0. The SMILES string of the molecule is CCCCC(=O)O/C=C/c1ccccc1. The molecule has 80 valence electrons. The third-order valence-electron chi connectivity index (χ3n) is 1.99. The Labute approximate surface area is 90.6 Å². The number of carbonyl (C=O) groups excluding carboxylic acids is 1. The van der Waals surface area contributed by atoms with Gasteiger partial charge in [0.2, 0.25) is 0 Å². The van der Waals surface area contributed by atoms with Crippen LogP contribution in [-0.4, -0.2) is 5.97 Å². The van der Waals surface area contributed by atoms with Crippen LogP contribution < -0.4 is 0 Å². The average molecular weight is 204 g/mol. The van der Waals surface area contributed by atoms with Gasteiger partial charge in [-0.2, -0.15) is 0 Å². The highest BCUT2D eigenvalue weighted by Crippen LogP contribution is 2.02. The maximum absolute atomic E-state index is 11.1. The molecular formula is C13H16O2. The smallest absolute Gasteiger partial charge is 0.310 e. The summed E-state index contributed by atoms with van der Waals surface area (Å²) in [6.45, 7) is 2.05. The first-order valence-corrected chi connectivity index (χ1v) is 5.24. The summed E-state index contributed by atoms with van der Waals surface area (Å²) < 4.78 is 4.93. The van der Waals surface area contributed by atoms with Gasteiger partial charge in [0.05, 0.1) is 6.26 Å². The number of esters is 1. The zero-order chi connectivity index (χ0) is 10.9. The van der Waals surface area contributed by atoms with Gasteiger partial charge in [0.1, 0.15) is 0 Å². The number of rotatable bonds is 5. The zero-order valence-electron chi connectivity index (χ0n) is 8.98. The predicted octanol–water partition coefficient (Wildman–Crippen LogP) is 3.39. The van der Waals surface area contributed by atoms with Gasteiger partial charge in [-0.25, -0.2) is 0 Å². The van der Waals surface area contributed by atoms with Crippen molar-refractivity contribution in [3.63, 3.8) is 0 Å². The van der Waals surface area contributed by atoms with Crippen molar-refractivity contribution in [2.24, 2.45) is 0 Å². The first-order chi connectivity index (χ1) is 7.33. The van der Waals surface area contributed by atoms with Crippen molar-refractivity contribution >= 4 is 12.0 Å². The molecule has 1 aromatic carbocycles. The third kappa shape index (κ3) is 5.01. The molecule has 0 aliphatic heterocycles. The molecule has 0 saturated carbocycles. The van der Waals surface area contributed by atoms with E-state index >= 15 is 0 Å². The van der Waals surface area contributed by atoms with Crippen LogP contribution in [0.1, 0.15) is 31.7 Å². The van der Waals surface area contributed by atoms with E-state index in [4.69, 9.17) is 4.74 Å². The van der Waals surface area contributed by atoms with E-state index in [0.29, 0.717) is 6.42 Å². The van der Waals surface area contributed by atoms with Crippen molar-refractivity contribution in [3.8, 4) is 0 Å². The van der Waals surface area contributed by atoms with Crippen LogP contribution in [0.5, 0.6) is 0 Å². The first kappa shape index (κ1) is 11.5. The summed E-state index contributed by atoms with van der Waals surface area (Å²) >= 11 is 0. The third-order valence-corrected chi connectivity index (χ3v) is 1.99. The molecule has 2 heteroatoms. The van der Waals surface area contributed by atoms with Gasteiger partial charge in [0, 0.05) is 6.42 Å². The van der Waals surface area contributed by atoms with Crippen LogP contribution in [0.4, 0.5) is 0 Å². The first-order valence-electron chi connectivity index (χ1n) is 5.24. The van der Waals surface area contributed by atoms with Gasteiger partial charge in [0.25, 0.3) is 0 Å². The summed E-state index contributed by atoms with van der Waals surface area (Å²) in [6.07, 6.45) is 5.63. The Morgan fingerprint density at radius 1 is 1.33 bits per heavy atom. The Balaban J connectivity index is 2.31. The second-order valence-corrected chi connectivity index (χ2v) is 3.31. The van der Waals surface area contributed by atoms with Gasteiger partial charge in [-0.3, -0.25) is 4.79 Å². The highest BCUT2D eigenvalue weighted by molar-refractivity contribution is 5.70. The zero-order valence-corrected chi connectivity index (χ0v) is 8.98. The molecule has 0 fully saturated rings. The van der Waals surface area contributed by atoms with Crippen molar-refractivity contribution in [1.82, 2.24) is 0 Å². The molecule has 0 atom stereocenters. The maximum Gasteiger partial charge on any atom is 0.310 e. The maximum atomic E-state index is 11.1. The van der Waals surface area contributed by atoms with Crippen molar-refractivity contribution in [2.45, 2.75) is 26.2 Å². The quantitative estimate of drug-likeness (QED) is 0.543. The molecule has 0 spiro atoms. The van der Waals surface area contributed by atoms with E-state index in [1.54, 1.807) is 6.08 Å². The van der Waals surface area contributed by atoms with Crippen LogP contribution >= 0.6 is 0 Å². The fourth-order valence-corrected chi connectivity index (χ4v) is 1.13. The van der Waals surface area contributed by atoms with Crippen LogP contribution in [0, 0.1) is 0 Å². The van der Waals surface area contributed by atoms with Crippen molar-refractivity contribution in [2.75, 3.05) is 0 Å². The number of hydrogen-bond acceptors (Lipinski definition) is 2. The summed E-state index contributed by atoms with van der Waals surface area (Å²) in [6, 6.07) is 9.74. The molecule has 15 heavy (non-hydrogen) atoms. The van der Waals surface area contributed by atoms with E-state index in [2.05, 4.69) is 0 Å². The van der Waals surface area contributed by atoms with E-state index in [-0.39, 0.29) is 5.97 Å². The molecule has 0 aromatic heterocycles. The Bertz CT molecular complexity index is 315. The van der Waals surface area contributed by atoms with E-state index in [9.17, 15) is 4.79 Å². The lowest BCUT2D eigenvalue weighted by molar-refractivity contribution is -0.138. The van der Waals surface area contributed by atoms with Gasteiger partial charge in [-0.05, 0) is 18.1 Å². The fourth-order valence-electron chi connectivity index (χ4n) is 1.13. The van der Waals surface area contributed by atoms with Gasteiger partial charge in [0.15, 0.2) is 0 Å². The highest BCUT2D eigenvalue weighted by atomic mass is 16.5. The molecule has 0 aliphatic carbocycles. The average Bonchev–Trinajstić information content (AvgIpc) is 2.28. The fraction of sp³-hybridized carbons (Fsp3) is 0.308. The monoisotopic (exact) mass is 204 g/mol. The number of carbonyl (C=O) groups is 1. The van der Waals surface area contributed by atoms with E-state index < -0.39 is 0 Å². The Morgan fingerprint density at radius 2 is 2.07 bits per heavy atom. The van der Waals surface area contributed by atoms with Crippen molar-refractivity contribution < 1.29 is 9.53 Å². The lowest BCUT2D eigenvalue weighted by atomic mass is 10.2. The topological polar surface area (TPSA) is 26.3 Å². The molecule has 1 aromatic rings. The van der Waals surface area contributed by atoms with Gasteiger partial charge in [-0.1, -0.05) is 43.7 Å². The van der Waals surface area contributed by atoms with Crippen molar-refractivity contribution in [3.05, 3.63) is 42.2 Å². The Hall–Kier alpha value is -1.57. The molecule has 0 saturated heterocycles. The lowest BCUT2D eigenvalue weighted by Gasteiger charge is -1.97. The van der Waals surface area contributed by atoms with Gasteiger partial charge in [-0.15, -0.1) is 0 Å². The molecule has 0 bridgehead atoms. The molecular weight excluding hydrogens is 188 g/mol. The van der Waals surface area contributed by atoms with E-state index in [1.165, 1.54) is 6.26 Å². The predicted molar refractivity (Wildman–Crippen MR) is 61.1 cm³/mol. The second-order valence-electron chi connectivity index (χ2n) is 3.31. The Morgan fingerprint density at radius 3 is 2.73 bits per heavy atom. The van der Waals surface area contributed by atoms with Crippen LogP contribution in [-0.2, 0) is 9.53 Å². The summed E-state index contributed by atoms with van der Waals surface area (Å²) in [5.74, 6) is -0.163. The lowest BCUT2D eigenvalue weighted by Crippen LogP contribution is -1.98. The van der Waals surface area contributed by atoms with Crippen LogP contribution in [0.3, 0.4) is 0 Å². The largest absolute Gasteiger partial charge is 0.434 e. The molecule has 2 nitrogen and oxygen atoms in total. The summed E-state index contributed by atoms with van der Waals surface area (Å²) in [7, 11) is 0. The van der Waals surface area contributed by atoms with Crippen LogP contribution in [0.25, 0.3) is 6.08 Å². The second kappa shape index (κ2) is 6.82. The number of unbranched alkanes of at least 4 members (excludes halogenated alkanes) is 1. The van der Waals surface area contributed by atoms with Crippen LogP contribution in [0.2, 0.25) is 0 Å². The molecule has 0 aliphatic rings. The molecule has 0 radical (unpaired) electrons. The number of benzene rings is 1. The van der Waals surface area contributed by atoms with Gasteiger partial charge >= 0.3 is 5.97 Å². The number of hydrogen-bond donors (Lipinski definition) is 0. The summed E-state index contributed by atoms with van der Waals surface area (Å²) in [5.41, 5.74) is 1.03. The number of ether oxygens (including phenoxy) is 1. The molecule has 0 N–H and O–H groups in total. The van der Waals surface area contributed by atoms with E-state index in [1.807, 2.05) is 37.3 Å². The highest BCUT2D eigenvalue weighted by Gasteiger charge is 1.97. The van der Waals surface area contributed by atoms with Crippen LogP contribution in [0.15, 0.2) is 36.6 Å². The molecule has 0 amide bonds. The molecule has 0 heterocycles. The standard InChI is InChI=1S/C13H16O2/c1-2-3-9-13(14)15-11-10-12-7-5-4-6-8-12/h4-8,10-11H,2-3,9H2,1H3/b11-10+. The van der Waals surface area contributed by atoms with Gasteiger partial charge < -0.3 is 4.74 Å². The minimum absolute atomic E-state index is 0.163. The normalized spacial score (nSPS) is 10.5.